The van der Waals surface area contributed by atoms with Gasteiger partial charge in [0.25, 0.3) is 11.5 Å². The predicted octanol–water partition coefficient (Wildman–Crippen LogP) is 2.37. The van der Waals surface area contributed by atoms with Gasteiger partial charge < -0.3 is 14.3 Å². The number of aryl methyl sites for hydroxylation is 2. The summed E-state index contributed by atoms with van der Waals surface area (Å²) in [5, 5.41) is 3.19. The fraction of sp³-hybridized carbons (Fsp3) is 0.190. The maximum Gasteiger partial charge on any atom is 0.260 e. The lowest BCUT2D eigenvalue weighted by atomic mass is 10.1. The van der Waals surface area contributed by atoms with E-state index in [0.717, 1.165) is 5.69 Å². The van der Waals surface area contributed by atoms with E-state index in [2.05, 4.69) is 20.3 Å². The SMILES string of the molecule is Cc1cnc(Cn2ccc3nc(C)c(C(=O)NCc4ccccn4)cc3c2=O)o1. The van der Waals surface area contributed by atoms with Gasteiger partial charge in [-0.3, -0.25) is 19.6 Å². The van der Waals surface area contributed by atoms with Crippen molar-refractivity contribution in [1.82, 2.24) is 24.8 Å². The first-order valence-corrected chi connectivity index (χ1v) is 9.11. The molecule has 8 nitrogen and oxygen atoms in total. The lowest BCUT2D eigenvalue weighted by molar-refractivity contribution is 0.0949. The van der Waals surface area contributed by atoms with Crippen LogP contribution in [0.5, 0.6) is 0 Å². The van der Waals surface area contributed by atoms with Gasteiger partial charge >= 0.3 is 0 Å². The Hall–Kier alpha value is -3.81. The fourth-order valence-corrected chi connectivity index (χ4v) is 3.05. The van der Waals surface area contributed by atoms with Crippen LogP contribution in [0.2, 0.25) is 0 Å². The van der Waals surface area contributed by atoms with Gasteiger partial charge in [-0.05, 0) is 38.1 Å². The number of carbonyl (C=O) groups is 1. The van der Waals surface area contributed by atoms with E-state index in [4.69, 9.17) is 4.42 Å². The number of amides is 1. The molecule has 0 aliphatic carbocycles. The zero-order valence-corrected chi connectivity index (χ0v) is 16.0. The normalized spacial score (nSPS) is 11.0. The van der Waals surface area contributed by atoms with E-state index in [1.165, 1.54) is 4.57 Å². The highest BCUT2D eigenvalue weighted by Crippen LogP contribution is 2.14. The van der Waals surface area contributed by atoms with E-state index in [9.17, 15) is 9.59 Å². The van der Waals surface area contributed by atoms with E-state index in [-0.39, 0.29) is 18.0 Å². The molecule has 0 atom stereocenters. The minimum absolute atomic E-state index is 0.206. The molecule has 4 aromatic heterocycles. The van der Waals surface area contributed by atoms with Crippen molar-refractivity contribution >= 4 is 16.8 Å². The molecular weight excluding hydrogens is 370 g/mol. The van der Waals surface area contributed by atoms with E-state index in [1.54, 1.807) is 44.6 Å². The van der Waals surface area contributed by atoms with Crippen LogP contribution in [0, 0.1) is 13.8 Å². The lowest BCUT2D eigenvalue weighted by Crippen LogP contribution is -2.26. The van der Waals surface area contributed by atoms with Crippen LogP contribution >= 0.6 is 0 Å². The molecule has 0 saturated heterocycles. The number of aromatic nitrogens is 4. The second kappa shape index (κ2) is 7.67. The summed E-state index contributed by atoms with van der Waals surface area (Å²) in [6.07, 6.45) is 4.93. The van der Waals surface area contributed by atoms with Gasteiger partial charge in [0.2, 0.25) is 5.89 Å². The second-order valence-corrected chi connectivity index (χ2v) is 6.67. The summed E-state index contributed by atoms with van der Waals surface area (Å²) in [5.74, 6) is 0.816. The number of fused-ring (bicyclic) bond motifs is 1. The van der Waals surface area contributed by atoms with Crippen molar-refractivity contribution in [3.63, 3.8) is 0 Å². The molecular formula is C21H19N5O3. The van der Waals surface area contributed by atoms with Crippen molar-refractivity contribution in [2.45, 2.75) is 26.9 Å². The third-order valence-corrected chi connectivity index (χ3v) is 4.52. The van der Waals surface area contributed by atoms with Crippen LogP contribution in [0.15, 0.2) is 58.1 Å². The third-order valence-electron chi connectivity index (χ3n) is 4.52. The molecule has 0 spiro atoms. The van der Waals surface area contributed by atoms with Crippen LogP contribution in [-0.4, -0.2) is 25.4 Å². The summed E-state index contributed by atoms with van der Waals surface area (Å²) < 4.78 is 6.94. The number of hydrogen-bond donors (Lipinski definition) is 1. The molecule has 0 saturated carbocycles. The third kappa shape index (κ3) is 3.91. The highest BCUT2D eigenvalue weighted by Gasteiger charge is 2.15. The monoisotopic (exact) mass is 389 g/mol. The summed E-state index contributed by atoms with van der Waals surface area (Å²) >= 11 is 0. The van der Waals surface area contributed by atoms with E-state index < -0.39 is 0 Å². The number of nitrogens with one attached hydrogen (secondary N) is 1. The Morgan fingerprint density at radius 3 is 2.79 bits per heavy atom. The number of carbonyl (C=O) groups excluding carboxylic acids is 1. The summed E-state index contributed by atoms with van der Waals surface area (Å²) in [5.41, 5.74) is 1.93. The van der Waals surface area contributed by atoms with Gasteiger partial charge in [0.15, 0.2) is 0 Å². The standard InChI is InChI=1S/C21H19N5O3/c1-13-10-23-19(29-13)12-26-8-6-18-17(21(26)28)9-16(14(2)25-18)20(27)24-11-15-5-3-4-7-22-15/h3-10H,11-12H2,1-2H3,(H,24,27). The van der Waals surface area contributed by atoms with Crippen molar-refractivity contribution < 1.29 is 9.21 Å². The molecule has 8 heteroatoms. The zero-order chi connectivity index (χ0) is 20.4. The van der Waals surface area contributed by atoms with Gasteiger partial charge in [0.05, 0.1) is 40.6 Å². The molecule has 0 aliphatic heterocycles. The molecule has 29 heavy (non-hydrogen) atoms. The van der Waals surface area contributed by atoms with Gasteiger partial charge in [-0.15, -0.1) is 0 Å². The zero-order valence-electron chi connectivity index (χ0n) is 16.0. The molecule has 0 aliphatic rings. The van der Waals surface area contributed by atoms with Crippen molar-refractivity contribution in [1.29, 1.82) is 0 Å². The van der Waals surface area contributed by atoms with Crippen LogP contribution in [0.3, 0.4) is 0 Å². The molecule has 0 bridgehead atoms. The molecule has 0 radical (unpaired) electrons. The van der Waals surface area contributed by atoms with Crippen LogP contribution in [0.25, 0.3) is 10.9 Å². The molecule has 1 amide bonds. The van der Waals surface area contributed by atoms with Crippen molar-refractivity contribution in [2.24, 2.45) is 0 Å². The van der Waals surface area contributed by atoms with Crippen molar-refractivity contribution in [3.05, 3.63) is 87.9 Å². The number of hydrogen-bond acceptors (Lipinski definition) is 6. The number of rotatable bonds is 5. The Balaban J connectivity index is 1.64. The first-order valence-electron chi connectivity index (χ1n) is 9.11. The van der Waals surface area contributed by atoms with Crippen LogP contribution in [-0.2, 0) is 13.1 Å². The van der Waals surface area contributed by atoms with Gasteiger partial charge in [0, 0.05) is 12.4 Å². The molecule has 0 unspecified atom stereocenters. The average Bonchev–Trinajstić information content (AvgIpc) is 3.13. The Bertz CT molecular complexity index is 1240. The first kappa shape index (κ1) is 18.5. The Kier molecular flexibility index (Phi) is 4.90. The molecule has 1 N–H and O–H groups in total. The Morgan fingerprint density at radius 1 is 1.21 bits per heavy atom. The molecule has 4 aromatic rings. The Morgan fingerprint density at radius 2 is 2.07 bits per heavy atom. The molecule has 4 rings (SSSR count). The number of nitrogens with zero attached hydrogens (tertiary/aromatic N) is 4. The Labute approximate surface area is 166 Å². The second-order valence-electron chi connectivity index (χ2n) is 6.67. The molecule has 4 heterocycles. The summed E-state index contributed by atoms with van der Waals surface area (Å²) in [6, 6.07) is 8.83. The van der Waals surface area contributed by atoms with Crippen molar-refractivity contribution in [2.75, 3.05) is 0 Å². The number of pyridine rings is 3. The van der Waals surface area contributed by atoms with Gasteiger partial charge in [-0.1, -0.05) is 6.07 Å². The van der Waals surface area contributed by atoms with Crippen LogP contribution in [0.1, 0.15) is 33.4 Å². The van der Waals surface area contributed by atoms with Crippen LogP contribution < -0.4 is 10.9 Å². The molecule has 0 fully saturated rings. The number of oxazole rings is 1. The molecule has 146 valence electrons. The summed E-state index contributed by atoms with van der Waals surface area (Å²) in [7, 11) is 0. The first-order chi connectivity index (χ1) is 14.0. The summed E-state index contributed by atoms with van der Waals surface area (Å²) in [4.78, 5) is 38.3. The van der Waals surface area contributed by atoms with Crippen LogP contribution in [0.4, 0.5) is 0 Å². The van der Waals surface area contributed by atoms with Crippen molar-refractivity contribution in [3.8, 4) is 0 Å². The minimum atomic E-state index is -0.305. The largest absolute Gasteiger partial charge is 0.444 e. The topological polar surface area (TPSA) is 103 Å². The average molecular weight is 389 g/mol. The van der Waals surface area contributed by atoms with E-state index >= 15 is 0 Å². The molecule has 0 aromatic carbocycles. The lowest BCUT2D eigenvalue weighted by Gasteiger charge is -2.10. The fourth-order valence-electron chi connectivity index (χ4n) is 3.05. The van der Waals surface area contributed by atoms with E-state index in [0.29, 0.717) is 40.4 Å². The summed E-state index contributed by atoms with van der Waals surface area (Å²) in [6.45, 7) is 4.04. The highest BCUT2D eigenvalue weighted by atomic mass is 16.4. The highest BCUT2D eigenvalue weighted by molar-refractivity contribution is 5.98. The van der Waals surface area contributed by atoms with Gasteiger partial charge in [-0.2, -0.15) is 0 Å². The maximum absolute atomic E-state index is 12.9. The smallest absolute Gasteiger partial charge is 0.260 e. The maximum atomic E-state index is 12.9. The van der Waals surface area contributed by atoms with Gasteiger partial charge in [-0.25, -0.2) is 4.98 Å². The quantitative estimate of drug-likeness (QED) is 0.562. The van der Waals surface area contributed by atoms with E-state index in [1.807, 2.05) is 18.2 Å². The minimum Gasteiger partial charge on any atom is -0.444 e. The predicted molar refractivity (Wildman–Crippen MR) is 106 cm³/mol. The van der Waals surface area contributed by atoms with Gasteiger partial charge in [0.1, 0.15) is 12.3 Å².